The van der Waals surface area contributed by atoms with Gasteiger partial charge in [-0.1, -0.05) is 47.5 Å². The summed E-state index contributed by atoms with van der Waals surface area (Å²) in [7, 11) is 0. The van der Waals surface area contributed by atoms with Crippen LogP contribution in [0, 0.1) is 0 Å². The fourth-order valence-electron chi connectivity index (χ4n) is 3.56. The second kappa shape index (κ2) is 6.91. The molecule has 1 unspecified atom stereocenters. The van der Waals surface area contributed by atoms with E-state index < -0.39 is 5.60 Å². The van der Waals surface area contributed by atoms with Gasteiger partial charge in [-0.15, -0.1) is 0 Å². The van der Waals surface area contributed by atoms with Crippen molar-refractivity contribution < 1.29 is 5.11 Å². The normalized spacial score (nSPS) is 15.7. The van der Waals surface area contributed by atoms with Gasteiger partial charge in [0.05, 0.1) is 13.1 Å². The lowest BCUT2D eigenvalue weighted by molar-refractivity contribution is 0.0224. The van der Waals surface area contributed by atoms with Crippen LogP contribution in [0.2, 0.25) is 10.0 Å². The molecular formula is C19H18Cl2N4O. The molecule has 134 valence electrons. The van der Waals surface area contributed by atoms with E-state index in [0.29, 0.717) is 22.2 Å². The first-order chi connectivity index (χ1) is 12.5. The van der Waals surface area contributed by atoms with Crippen LogP contribution < -0.4 is 4.90 Å². The number of halogens is 2. The van der Waals surface area contributed by atoms with E-state index in [9.17, 15) is 5.11 Å². The highest BCUT2D eigenvalue weighted by molar-refractivity contribution is 6.35. The van der Waals surface area contributed by atoms with E-state index in [2.05, 4.69) is 27.1 Å². The minimum atomic E-state index is -1.24. The molecule has 2 heterocycles. The second-order valence-electron chi connectivity index (χ2n) is 6.55. The van der Waals surface area contributed by atoms with Crippen LogP contribution in [0.1, 0.15) is 11.1 Å². The van der Waals surface area contributed by atoms with Crippen molar-refractivity contribution in [3.8, 4) is 0 Å². The second-order valence-corrected chi connectivity index (χ2v) is 7.39. The molecule has 0 aliphatic carbocycles. The van der Waals surface area contributed by atoms with Gasteiger partial charge in [-0.3, -0.25) is 0 Å². The number of hydrogen-bond donors (Lipinski definition) is 1. The molecular weight excluding hydrogens is 371 g/mol. The van der Waals surface area contributed by atoms with Crippen molar-refractivity contribution in [2.75, 3.05) is 18.0 Å². The van der Waals surface area contributed by atoms with Crippen LogP contribution in [0.3, 0.4) is 0 Å². The fourth-order valence-corrected chi connectivity index (χ4v) is 4.14. The van der Waals surface area contributed by atoms with E-state index in [1.54, 1.807) is 29.2 Å². The summed E-state index contributed by atoms with van der Waals surface area (Å²) >= 11 is 12.5. The number of benzene rings is 2. The molecule has 1 aromatic heterocycles. The third-order valence-electron chi connectivity index (χ3n) is 4.76. The number of para-hydroxylation sites is 1. The summed E-state index contributed by atoms with van der Waals surface area (Å²) in [4.78, 5) is 6.17. The number of fused-ring (bicyclic) bond motifs is 1. The molecule has 0 spiro atoms. The first-order valence-electron chi connectivity index (χ1n) is 8.38. The van der Waals surface area contributed by atoms with Gasteiger partial charge in [0, 0.05) is 27.8 Å². The first-order valence-corrected chi connectivity index (χ1v) is 9.14. The van der Waals surface area contributed by atoms with E-state index in [4.69, 9.17) is 23.2 Å². The number of nitrogens with zero attached hydrogens (tertiary/aromatic N) is 4. The van der Waals surface area contributed by atoms with Gasteiger partial charge in [0.25, 0.3) is 0 Å². The summed E-state index contributed by atoms with van der Waals surface area (Å²) in [6.07, 6.45) is 4.01. The molecule has 7 heteroatoms. The molecule has 3 aromatic rings. The van der Waals surface area contributed by atoms with E-state index in [1.165, 1.54) is 11.9 Å². The standard InChI is InChI=1S/C19H18Cl2N4O/c20-15-5-6-16(17(21)9-15)19(26,11-25-13-22-12-23-25)10-24-8-7-14-3-1-2-4-18(14)24/h1-6,9,12-13,26H,7-8,10-11H2. The van der Waals surface area contributed by atoms with Crippen molar-refractivity contribution >= 4 is 28.9 Å². The Balaban J connectivity index is 1.71. The highest BCUT2D eigenvalue weighted by Gasteiger charge is 2.36. The zero-order valence-corrected chi connectivity index (χ0v) is 15.5. The molecule has 0 saturated carbocycles. The average Bonchev–Trinajstić information content (AvgIpc) is 3.25. The molecule has 1 aliphatic heterocycles. The SMILES string of the molecule is OC(CN1CCc2ccccc21)(Cn1cncn1)c1ccc(Cl)cc1Cl. The third-order valence-corrected chi connectivity index (χ3v) is 5.31. The monoisotopic (exact) mass is 388 g/mol. The Hall–Kier alpha value is -2.08. The molecule has 0 radical (unpaired) electrons. The van der Waals surface area contributed by atoms with E-state index in [-0.39, 0.29) is 6.54 Å². The topological polar surface area (TPSA) is 54.2 Å². The van der Waals surface area contributed by atoms with Crippen molar-refractivity contribution in [1.29, 1.82) is 0 Å². The van der Waals surface area contributed by atoms with Crippen molar-refractivity contribution in [1.82, 2.24) is 14.8 Å². The minimum Gasteiger partial charge on any atom is -0.381 e. The summed E-state index contributed by atoms with van der Waals surface area (Å²) in [5.74, 6) is 0. The number of β-amino-alcohol motifs (C(OH)–C–C–N with tert-alkyl or cyclic N) is 1. The van der Waals surface area contributed by atoms with Crippen LogP contribution in [0.5, 0.6) is 0 Å². The molecule has 0 bridgehead atoms. The summed E-state index contributed by atoms with van der Waals surface area (Å²) in [6.45, 7) is 1.49. The Morgan fingerprint density at radius 1 is 1.12 bits per heavy atom. The smallest absolute Gasteiger partial charge is 0.137 e. The minimum absolute atomic E-state index is 0.243. The predicted octanol–water partition coefficient (Wildman–Crippen LogP) is 3.54. The average molecular weight is 389 g/mol. The van der Waals surface area contributed by atoms with Crippen molar-refractivity contribution in [3.63, 3.8) is 0 Å². The van der Waals surface area contributed by atoms with Crippen molar-refractivity contribution in [2.24, 2.45) is 0 Å². The maximum atomic E-state index is 11.7. The van der Waals surface area contributed by atoms with Crippen LogP contribution in [0.4, 0.5) is 5.69 Å². The molecule has 26 heavy (non-hydrogen) atoms. The molecule has 5 nitrogen and oxygen atoms in total. The lowest BCUT2D eigenvalue weighted by Crippen LogP contribution is -2.44. The molecule has 1 aliphatic rings. The van der Waals surface area contributed by atoms with Crippen molar-refractivity contribution in [2.45, 2.75) is 18.6 Å². The summed E-state index contributed by atoms with van der Waals surface area (Å²) in [5, 5.41) is 16.8. The summed E-state index contributed by atoms with van der Waals surface area (Å²) in [5.41, 5.74) is 1.82. The highest BCUT2D eigenvalue weighted by atomic mass is 35.5. The largest absolute Gasteiger partial charge is 0.381 e. The van der Waals surface area contributed by atoms with Gasteiger partial charge in [-0.25, -0.2) is 9.67 Å². The molecule has 0 saturated heterocycles. The number of anilines is 1. The van der Waals surface area contributed by atoms with Gasteiger partial charge in [-0.05, 0) is 30.2 Å². The Morgan fingerprint density at radius 3 is 2.73 bits per heavy atom. The number of aliphatic hydroxyl groups is 1. The Kier molecular flexibility index (Phi) is 4.61. The molecule has 1 atom stereocenters. The van der Waals surface area contributed by atoms with Crippen LogP contribution in [0.15, 0.2) is 55.1 Å². The molecule has 0 amide bonds. The fraction of sp³-hybridized carbons (Fsp3) is 0.263. The zero-order valence-electron chi connectivity index (χ0n) is 14.0. The Bertz CT molecular complexity index is 916. The lowest BCUT2D eigenvalue weighted by atomic mass is 9.92. The Labute approximate surface area is 161 Å². The number of rotatable bonds is 5. The maximum Gasteiger partial charge on any atom is 0.137 e. The maximum absolute atomic E-state index is 11.7. The van der Waals surface area contributed by atoms with Crippen LogP contribution >= 0.6 is 23.2 Å². The molecule has 2 aromatic carbocycles. The van der Waals surface area contributed by atoms with Crippen LogP contribution in [-0.4, -0.2) is 33.0 Å². The zero-order chi connectivity index (χ0) is 18.1. The molecule has 0 fully saturated rings. The van der Waals surface area contributed by atoms with Gasteiger partial charge in [0.2, 0.25) is 0 Å². The van der Waals surface area contributed by atoms with E-state index in [0.717, 1.165) is 18.7 Å². The van der Waals surface area contributed by atoms with Gasteiger partial charge in [0.1, 0.15) is 18.3 Å². The van der Waals surface area contributed by atoms with Crippen molar-refractivity contribution in [3.05, 3.63) is 76.3 Å². The number of aromatic nitrogens is 3. The summed E-state index contributed by atoms with van der Waals surface area (Å²) < 4.78 is 1.62. The predicted molar refractivity (Wildman–Crippen MR) is 103 cm³/mol. The van der Waals surface area contributed by atoms with Gasteiger partial charge in [0.15, 0.2) is 0 Å². The first kappa shape index (κ1) is 17.3. The van der Waals surface area contributed by atoms with Crippen LogP contribution in [0.25, 0.3) is 0 Å². The van der Waals surface area contributed by atoms with Gasteiger partial charge in [-0.2, -0.15) is 5.10 Å². The highest BCUT2D eigenvalue weighted by Crippen LogP contribution is 2.36. The Morgan fingerprint density at radius 2 is 1.96 bits per heavy atom. The molecule has 4 rings (SSSR count). The lowest BCUT2D eigenvalue weighted by Gasteiger charge is -2.34. The van der Waals surface area contributed by atoms with Crippen LogP contribution in [-0.2, 0) is 18.6 Å². The molecule has 1 N–H and O–H groups in total. The number of hydrogen-bond acceptors (Lipinski definition) is 4. The quantitative estimate of drug-likeness (QED) is 0.726. The van der Waals surface area contributed by atoms with Gasteiger partial charge < -0.3 is 10.0 Å². The van der Waals surface area contributed by atoms with E-state index in [1.807, 2.05) is 12.1 Å². The van der Waals surface area contributed by atoms with Gasteiger partial charge >= 0.3 is 0 Å². The summed E-state index contributed by atoms with van der Waals surface area (Å²) in [6, 6.07) is 13.4. The third kappa shape index (κ3) is 3.30. The van der Waals surface area contributed by atoms with E-state index >= 15 is 0 Å².